The van der Waals surface area contributed by atoms with E-state index in [1.54, 1.807) is 29.2 Å². The van der Waals surface area contributed by atoms with Gasteiger partial charge in [-0.25, -0.2) is 0 Å². The predicted octanol–water partition coefficient (Wildman–Crippen LogP) is 3.96. The fourth-order valence-corrected chi connectivity index (χ4v) is 3.32. The lowest BCUT2D eigenvalue weighted by Crippen LogP contribution is -2.30. The number of carbonyl (C=O) groups excluding carboxylic acids is 1. The number of halogens is 1. The molecule has 1 aliphatic rings. The van der Waals surface area contributed by atoms with Crippen LogP contribution in [0.4, 0.5) is 0 Å². The van der Waals surface area contributed by atoms with E-state index in [1.807, 2.05) is 12.1 Å². The normalized spacial score (nSPS) is 12.2. The zero-order chi connectivity index (χ0) is 15.5. The van der Waals surface area contributed by atoms with Crippen LogP contribution in [0.2, 0.25) is 4.34 Å². The van der Waals surface area contributed by atoms with Gasteiger partial charge in [-0.05, 0) is 30.3 Å². The molecule has 0 bridgehead atoms. The number of rotatable bonds is 5. The van der Waals surface area contributed by atoms with Gasteiger partial charge in [0, 0.05) is 17.0 Å². The Bertz CT molecular complexity index is 713. The number of benzene rings is 1. The summed E-state index contributed by atoms with van der Waals surface area (Å²) in [7, 11) is 0. The monoisotopic (exact) mass is 335 g/mol. The fraction of sp³-hybridized carbons (Fsp3) is 0.188. The van der Waals surface area contributed by atoms with E-state index < -0.39 is 0 Å². The minimum Gasteiger partial charge on any atom is -0.454 e. The Morgan fingerprint density at radius 2 is 2.14 bits per heavy atom. The lowest BCUT2D eigenvalue weighted by atomic mass is 10.1. The van der Waals surface area contributed by atoms with Crippen molar-refractivity contribution in [2.24, 2.45) is 0 Å². The van der Waals surface area contributed by atoms with Crippen LogP contribution in [0.1, 0.15) is 15.2 Å². The van der Waals surface area contributed by atoms with Crippen LogP contribution in [0.3, 0.4) is 0 Å². The van der Waals surface area contributed by atoms with Gasteiger partial charge in [0.2, 0.25) is 6.79 Å². The second kappa shape index (κ2) is 6.42. The van der Waals surface area contributed by atoms with Crippen molar-refractivity contribution in [3.05, 3.63) is 57.8 Å². The molecule has 0 saturated carbocycles. The third-order valence-electron chi connectivity index (χ3n) is 3.23. The lowest BCUT2D eigenvalue weighted by molar-refractivity contribution is 0.0764. The van der Waals surface area contributed by atoms with Crippen LogP contribution in [-0.4, -0.2) is 24.1 Å². The van der Waals surface area contributed by atoms with Gasteiger partial charge in [-0.15, -0.1) is 17.9 Å². The van der Waals surface area contributed by atoms with E-state index in [0.717, 1.165) is 4.88 Å². The van der Waals surface area contributed by atoms with Crippen molar-refractivity contribution >= 4 is 28.8 Å². The molecule has 22 heavy (non-hydrogen) atoms. The van der Waals surface area contributed by atoms with Gasteiger partial charge in [-0.2, -0.15) is 0 Å². The maximum Gasteiger partial charge on any atom is 0.254 e. The average molecular weight is 336 g/mol. The Morgan fingerprint density at radius 1 is 1.32 bits per heavy atom. The number of nitrogens with zero attached hydrogens (tertiary/aromatic N) is 1. The molecule has 4 nitrogen and oxygen atoms in total. The number of thiophene rings is 1. The summed E-state index contributed by atoms with van der Waals surface area (Å²) in [6.07, 6.45) is 1.71. The molecular formula is C16H14ClNO3S. The van der Waals surface area contributed by atoms with Gasteiger partial charge in [0.05, 0.1) is 10.9 Å². The summed E-state index contributed by atoms with van der Waals surface area (Å²) in [5.74, 6) is 1.18. The van der Waals surface area contributed by atoms with Crippen LogP contribution in [0.5, 0.6) is 11.5 Å². The predicted molar refractivity (Wildman–Crippen MR) is 86.8 cm³/mol. The molecule has 2 heterocycles. The van der Waals surface area contributed by atoms with Gasteiger partial charge in [0.15, 0.2) is 11.5 Å². The van der Waals surface area contributed by atoms with Gasteiger partial charge < -0.3 is 14.4 Å². The first-order valence-corrected chi connectivity index (χ1v) is 7.91. The molecule has 2 aromatic rings. The van der Waals surface area contributed by atoms with E-state index in [9.17, 15) is 4.79 Å². The summed E-state index contributed by atoms with van der Waals surface area (Å²) in [4.78, 5) is 15.4. The van der Waals surface area contributed by atoms with Crippen molar-refractivity contribution in [2.45, 2.75) is 6.54 Å². The molecule has 0 N–H and O–H groups in total. The Kier molecular flexibility index (Phi) is 4.36. The summed E-state index contributed by atoms with van der Waals surface area (Å²) < 4.78 is 11.3. The maximum absolute atomic E-state index is 12.7. The van der Waals surface area contributed by atoms with E-state index >= 15 is 0 Å². The molecule has 1 aliphatic heterocycles. The Hall–Kier alpha value is -1.98. The highest BCUT2D eigenvalue weighted by Gasteiger charge is 2.20. The fourth-order valence-electron chi connectivity index (χ4n) is 2.21. The highest BCUT2D eigenvalue weighted by molar-refractivity contribution is 7.16. The molecule has 1 aromatic carbocycles. The minimum atomic E-state index is -0.0808. The molecule has 114 valence electrons. The van der Waals surface area contributed by atoms with Crippen molar-refractivity contribution in [3.63, 3.8) is 0 Å². The number of fused-ring (bicyclic) bond motifs is 1. The number of ether oxygens (including phenoxy) is 2. The number of hydrogen-bond acceptors (Lipinski definition) is 4. The average Bonchev–Trinajstić information content (AvgIpc) is 3.14. The lowest BCUT2D eigenvalue weighted by Gasteiger charge is -2.20. The third kappa shape index (κ3) is 3.10. The van der Waals surface area contributed by atoms with E-state index in [0.29, 0.717) is 34.5 Å². The van der Waals surface area contributed by atoms with Gasteiger partial charge in [-0.1, -0.05) is 17.7 Å². The molecule has 0 fully saturated rings. The zero-order valence-electron chi connectivity index (χ0n) is 11.8. The zero-order valence-corrected chi connectivity index (χ0v) is 13.3. The molecule has 0 atom stereocenters. The summed E-state index contributed by atoms with van der Waals surface area (Å²) >= 11 is 7.41. The van der Waals surface area contributed by atoms with Crippen molar-refractivity contribution in [1.82, 2.24) is 4.90 Å². The molecule has 0 spiro atoms. The molecule has 0 saturated heterocycles. The largest absolute Gasteiger partial charge is 0.454 e. The van der Waals surface area contributed by atoms with Crippen molar-refractivity contribution in [1.29, 1.82) is 0 Å². The van der Waals surface area contributed by atoms with Crippen molar-refractivity contribution < 1.29 is 14.3 Å². The van der Waals surface area contributed by atoms with Gasteiger partial charge in [-0.3, -0.25) is 4.79 Å². The summed E-state index contributed by atoms with van der Waals surface area (Å²) in [5.41, 5.74) is 0.564. The first-order chi connectivity index (χ1) is 10.7. The number of amides is 1. The van der Waals surface area contributed by atoms with Crippen LogP contribution < -0.4 is 9.47 Å². The smallest absolute Gasteiger partial charge is 0.254 e. The number of carbonyl (C=O) groups is 1. The van der Waals surface area contributed by atoms with Crippen molar-refractivity contribution in [2.75, 3.05) is 13.3 Å². The van der Waals surface area contributed by atoms with Crippen molar-refractivity contribution in [3.8, 4) is 11.5 Å². The Balaban J connectivity index is 1.81. The highest BCUT2D eigenvalue weighted by atomic mass is 35.5. The van der Waals surface area contributed by atoms with Crippen LogP contribution in [0.15, 0.2) is 43.0 Å². The van der Waals surface area contributed by atoms with Crippen LogP contribution in [0.25, 0.3) is 0 Å². The van der Waals surface area contributed by atoms with Crippen LogP contribution in [-0.2, 0) is 6.54 Å². The first-order valence-electron chi connectivity index (χ1n) is 6.71. The first kappa shape index (κ1) is 14.9. The number of hydrogen-bond donors (Lipinski definition) is 0. The molecular weight excluding hydrogens is 322 g/mol. The SMILES string of the molecule is C=CCN(Cc1ccc(Cl)s1)C(=O)c1ccc2c(c1)OCO2. The quantitative estimate of drug-likeness (QED) is 0.776. The Labute approximate surface area is 137 Å². The molecule has 6 heteroatoms. The van der Waals surface area contributed by atoms with E-state index in [1.165, 1.54) is 11.3 Å². The summed E-state index contributed by atoms with van der Waals surface area (Å²) in [6.45, 7) is 4.87. The van der Waals surface area contributed by atoms with Gasteiger partial charge in [0.1, 0.15) is 0 Å². The standard InChI is InChI=1S/C16H14ClNO3S/c1-2-7-18(9-12-4-6-15(17)22-12)16(19)11-3-5-13-14(8-11)21-10-20-13/h2-6,8H,1,7,9-10H2. The van der Waals surface area contributed by atoms with E-state index in [-0.39, 0.29) is 12.7 Å². The molecule has 0 radical (unpaired) electrons. The van der Waals surface area contributed by atoms with Gasteiger partial charge in [0.25, 0.3) is 5.91 Å². The molecule has 1 aromatic heterocycles. The topological polar surface area (TPSA) is 38.8 Å². The summed E-state index contributed by atoms with van der Waals surface area (Å²) in [6, 6.07) is 8.97. The molecule has 0 unspecified atom stereocenters. The van der Waals surface area contributed by atoms with Crippen LogP contribution >= 0.6 is 22.9 Å². The van der Waals surface area contributed by atoms with E-state index in [2.05, 4.69) is 6.58 Å². The second-order valence-electron chi connectivity index (χ2n) is 4.75. The molecule has 1 amide bonds. The summed E-state index contributed by atoms with van der Waals surface area (Å²) in [5, 5.41) is 0. The third-order valence-corrected chi connectivity index (χ3v) is 4.45. The van der Waals surface area contributed by atoms with Crippen LogP contribution in [0, 0.1) is 0 Å². The highest BCUT2D eigenvalue weighted by Crippen LogP contribution is 2.33. The van der Waals surface area contributed by atoms with E-state index in [4.69, 9.17) is 21.1 Å². The second-order valence-corrected chi connectivity index (χ2v) is 6.55. The maximum atomic E-state index is 12.7. The van der Waals surface area contributed by atoms with Gasteiger partial charge >= 0.3 is 0 Å². The molecule has 0 aliphatic carbocycles. The minimum absolute atomic E-state index is 0.0808. The molecule has 3 rings (SSSR count). The Morgan fingerprint density at radius 3 is 2.86 bits per heavy atom.